The summed E-state index contributed by atoms with van der Waals surface area (Å²) >= 11 is 3.20. The monoisotopic (exact) mass is 265 g/mol. The van der Waals surface area contributed by atoms with E-state index in [9.17, 15) is 4.39 Å². The van der Waals surface area contributed by atoms with Gasteiger partial charge >= 0.3 is 0 Å². The highest BCUT2D eigenvalue weighted by Crippen LogP contribution is 2.45. The number of hydrogen-bond donors (Lipinski definition) is 1. The SMILES string of the molecule is Cl.NC1(c2cccc(F)c2Br)CC1. The van der Waals surface area contributed by atoms with Gasteiger partial charge in [0.25, 0.3) is 0 Å². The maximum Gasteiger partial charge on any atom is 0.137 e. The van der Waals surface area contributed by atoms with Gasteiger partial charge in [-0.05, 0) is 40.4 Å². The Balaban J connectivity index is 0.000000845. The van der Waals surface area contributed by atoms with Crippen LogP contribution in [0, 0.1) is 5.82 Å². The molecule has 4 heteroatoms. The Morgan fingerprint density at radius 2 is 2.00 bits per heavy atom. The fourth-order valence-corrected chi connectivity index (χ4v) is 1.95. The second kappa shape index (κ2) is 3.56. The molecule has 1 saturated carbocycles. The first-order chi connectivity index (χ1) is 5.63. The van der Waals surface area contributed by atoms with Gasteiger partial charge in [0.1, 0.15) is 5.82 Å². The molecule has 1 nitrogen and oxygen atoms in total. The molecule has 0 atom stereocenters. The van der Waals surface area contributed by atoms with Crippen LogP contribution < -0.4 is 5.73 Å². The molecule has 72 valence electrons. The normalized spacial score (nSPS) is 17.8. The summed E-state index contributed by atoms with van der Waals surface area (Å²) in [5.41, 5.74) is 6.57. The van der Waals surface area contributed by atoms with E-state index in [-0.39, 0.29) is 23.8 Å². The third-order valence-electron chi connectivity index (χ3n) is 2.28. The van der Waals surface area contributed by atoms with Crippen molar-refractivity contribution in [3.8, 4) is 0 Å². The smallest absolute Gasteiger partial charge is 0.137 e. The van der Waals surface area contributed by atoms with Crippen LogP contribution in [0.4, 0.5) is 4.39 Å². The van der Waals surface area contributed by atoms with Gasteiger partial charge in [0.05, 0.1) is 4.47 Å². The van der Waals surface area contributed by atoms with E-state index >= 15 is 0 Å². The molecule has 0 aliphatic heterocycles. The van der Waals surface area contributed by atoms with Crippen molar-refractivity contribution in [2.75, 3.05) is 0 Å². The molecular formula is C9H10BrClFN. The van der Waals surface area contributed by atoms with Gasteiger partial charge in [0.2, 0.25) is 0 Å². The number of hydrogen-bond acceptors (Lipinski definition) is 1. The first-order valence-corrected chi connectivity index (χ1v) is 4.66. The van der Waals surface area contributed by atoms with Crippen LogP contribution in [-0.2, 0) is 5.54 Å². The highest BCUT2D eigenvalue weighted by molar-refractivity contribution is 9.10. The van der Waals surface area contributed by atoms with Gasteiger partial charge in [-0.2, -0.15) is 0 Å². The zero-order valence-electron chi connectivity index (χ0n) is 6.89. The number of rotatable bonds is 1. The molecule has 0 radical (unpaired) electrons. The zero-order valence-corrected chi connectivity index (χ0v) is 9.29. The highest BCUT2D eigenvalue weighted by atomic mass is 79.9. The van der Waals surface area contributed by atoms with Gasteiger partial charge in [-0.1, -0.05) is 12.1 Å². The molecule has 13 heavy (non-hydrogen) atoms. The van der Waals surface area contributed by atoms with Crippen LogP contribution >= 0.6 is 28.3 Å². The highest BCUT2D eigenvalue weighted by Gasteiger charge is 2.41. The molecule has 0 spiro atoms. The molecule has 0 amide bonds. The predicted molar refractivity (Wildman–Crippen MR) is 56.4 cm³/mol. The van der Waals surface area contributed by atoms with Crippen molar-refractivity contribution < 1.29 is 4.39 Å². The number of benzene rings is 1. The molecule has 0 unspecified atom stereocenters. The Bertz CT molecular complexity index is 325. The maximum absolute atomic E-state index is 13.0. The van der Waals surface area contributed by atoms with Gasteiger partial charge in [-0.15, -0.1) is 12.4 Å². The van der Waals surface area contributed by atoms with E-state index in [2.05, 4.69) is 15.9 Å². The Morgan fingerprint density at radius 3 is 2.54 bits per heavy atom. The van der Waals surface area contributed by atoms with E-state index in [4.69, 9.17) is 5.73 Å². The van der Waals surface area contributed by atoms with Crippen molar-refractivity contribution in [2.45, 2.75) is 18.4 Å². The Kier molecular flexibility index (Phi) is 3.00. The second-order valence-corrected chi connectivity index (χ2v) is 4.05. The quantitative estimate of drug-likeness (QED) is 0.831. The summed E-state index contributed by atoms with van der Waals surface area (Å²) in [5, 5.41) is 0. The number of nitrogens with two attached hydrogens (primary N) is 1. The largest absolute Gasteiger partial charge is 0.321 e. The van der Waals surface area contributed by atoms with Gasteiger partial charge in [-0.3, -0.25) is 0 Å². The van der Waals surface area contributed by atoms with E-state index in [0.29, 0.717) is 4.47 Å². The molecule has 1 aliphatic carbocycles. The van der Waals surface area contributed by atoms with Gasteiger partial charge < -0.3 is 5.73 Å². The average Bonchev–Trinajstić information content (AvgIpc) is 2.75. The molecule has 0 bridgehead atoms. The van der Waals surface area contributed by atoms with Crippen LogP contribution in [0.2, 0.25) is 0 Å². The Morgan fingerprint density at radius 1 is 1.38 bits per heavy atom. The lowest BCUT2D eigenvalue weighted by Crippen LogP contribution is -2.19. The lowest BCUT2D eigenvalue weighted by Gasteiger charge is -2.11. The lowest BCUT2D eigenvalue weighted by molar-refractivity contribution is 0.609. The van der Waals surface area contributed by atoms with Crippen molar-refractivity contribution in [2.24, 2.45) is 5.73 Å². The van der Waals surface area contributed by atoms with Gasteiger partial charge in [0.15, 0.2) is 0 Å². The van der Waals surface area contributed by atoms with E-state index in [0.717, 1.165) is 18.4 Å². The second-order valence-electron chi connectivity index (χ2n) is 3.26. The van der Waals surface area contributed by atoms with Crippen LogP contribution in [0.3, 0.4) is 0 Å². The van der Waals surface area contributed by atoms with Crippen molar-refractivity contribution in [1.82, 2.24) is 0 Å². The van der Waals surface area contributed by atoms with Crippen LogP contribution in [-0.4, -0.2) is 0 Å². The first kappa shape index (κ1) is 11.0. The molecule has 0 heterocycles. The fraction of sp³-hybridized carbons (Fsp3) is 0.333. The molecule has 1 fully saturated rings. The Hall–Kier alpha value is -0.120. The maximum atomic E-state index is 13.0. The Labute approximate surface area is 91.0 Å². The van der Waals surface area contributed by atoms with Crippen molar-refractivity contribution in [3.05, 3.63) is 34.1 Å². The van der Waals surface area contributed by atoms with Gasteiger partial charge in [-0.25, -0.2) is 4.39 Å². The van der Waals surface area contributed by atoms with Crippen LogP contribution in [0.1, 0.15) is 18.4 Å². The van der Waals surface area contributed by atoms with Crippen LogP contribution in [0.15, 0.2) is 22.7 Å². The molecule has 2 N–H and O–H groups in total. The molecule has 0 saturated heterocycles. The summed E-state index contributed by atoms with van der Waals surface area (Å²) in [5.74, 6) is -0.232. The average molecular weight is 267 g/mol. The summed E-state index contributed by atoms with van der Waals surface area (Å²) in [6, 6.07) is 5.00. The van der Waals surface area contributed by atoms with Crippen molar-refractivity contribution in [3.63, 3.8) is 0 Å². The summed E-state index contributed by atoms with van der Waals surface area (Å²) in [6.45, 7) is 0. The van der Waals surface area contributed by atoms with Crippen molar-refractivity contribution in [1.29, 1.82) is 0 Å². The van der Waals surface area contributed by atoms with Crippen LogP contribution in [0.5, 0.6) is 0 Å². The molecule has 1 aromatic rings. The molecule has 2 rings (SSSR count). The predicted octanol–water partition coefficient (Wildman–Crippen LogP) is 2.96. The topological polar surface area (TPSA) is 26.0 Å². The third kappa shape index (κ3) is 1.87. The van der Waals surface area contributed by atoms with Gasteiger partial charge in [0, 0.05) is 5.54 Å². The standard InChI is InChI=1S/C9H9BrFN.ClH/c10-8-6(9(12)4-5-9)2-1-3-7(8)11;/h1-3H,4-5,12H2;1H. The molecule has 1 aliphatic rings. The third-order valence-corrected chi connectivity index (χ3v) is 3.08. The summed E-state index contributed by atoms with van der Waals surface area (Å²) in [4.78, 5) is 0. The van der Waals surface area contributed by atoms with E-state index in [1.807, 2.05) is 6.07 Å². The molecular weight excluding hydrogens is 256 g/mol. The molecule has 1 aromatic carbocycles. The minimum absolute atomic E-state index is 0. The first-order valence-electron chi connectivity index (χ1n) is 3.87. The summed E-state index contributed by atoms with van der Waals surface area (Å²) < 4.78 is 13.6. The van der Waals surface area contributed by atoms with E-state index in [1.165, 1.54) is 6.07 Å². The lowest BCUT2D eigenvalue weighted by atomic mass is 10.1. The van der Waals surface area contributed by atoms with Crippen LogP contribution in [0.25, 0.3) is 0 Å². The van der Waals surface area contributed by atoms with E-state index in [1.54, 1.807) is 6.07 Å². The zero-order chi connectivity index (χ0) is 8.77. The van der Waals surface area contributed by atoms with E-state index < -0.39 is 0 Å². The molecule has 0 aromatic heterocycles. The summed E-state index contributed by atoms with van der Waals surface area (Å²) in [6.07, 6.45) is 1.91. The number of halogens is 3. The van der Waals surface area contributed by atoms with Crippen molar-refractivity contribution >= 4 is 28.3 Å². The summed E-state index contributed by atoms with van der Waals surface area (Å²) in [7, 11) is 0. The minimum Gasteiger partial charge on any atom is -0.321 e. The fourth-order valence-electron chi connectivity index (χ4n) is 1.29. The minimum atomic E-state index is -0.263.